The molecule has 0 aliphatic carbocycles. The fourth-order valence-corrected chi connectivity index (χ4v) is 2.38. The topological polar surface area (TPSA) is 111 Å². The van der Waals surface area contributed by atoms with Crippen LogP contribution in [0.1, 0.15) is 51.5 Å². The minimum atomic E-state index is -0.673. The summed E-state index contributed by atoms with van der Waals surface area (Å²) in [5.74, 6) is -0.526. The highest BCUT2D eigenvalue weighted by atomic mass is 32.1. The van der Waals surface area contributed by atoms with Crippen molar-refractivity contribution in [3.63, 3.8) is 0 Å². The van der Waals surface area contributed by atoms with Gasteiger partial charge in [0.15, 0.2) is 5.69 Å². The Bertz CT molecular complexity index is 632. The van der Waals surface area contributed by atoms with Crippen LogP contribution < -0.4 is 11.1 Å². The van der Waals surface area contributed by atoms with Crippen LogP contribution in [0.4, 0.5) is 0 Å². The van der Waals surface area contributed by atoms with E-state index in [2.05, 4.69) is 15.3 Å². The Hall–Kier alpha value is -2.22. The van der Waals surface area contributed by atoms with Gasteiger partial charge in [0, 0.05) is 4.88 Å². The Labute approximate surface area is 119 Å². The van der Waals surface area contributed by atoms with E-state index in [1.54, 1.807) is 5.51 Å². The lowest BCUT2D eigenvalue weighted by atomic mass is 10.1. The molecular formula is C12H14N4O3S. The monoisotopic (exact) mass is 294 g/mol. The quantitative estimate of drug-likeness (QED) is 0.863. The van der Waals surface area contributed by atoms with Gasteiger partial charge in [-0.2, -0.15) is 0 Å². The predicted molar refractivity (Wildman–Crippen MR) is 72.4 cm³/mol. The van der Waals surface area contributed by atoms with Gasteiger partial charge in [0.2, 0.25) is 5.89 Å². The molecule has 106 valence electrons. The van der Waals surface area contributed by atoms with Crippen LogP contribution in [0, 0.1) is 0 Å². The number of carbonyl (C=O) groups excluding carboxylic acids is 2. The summed E-state index contributed by atoms with van der Waals surface area (Å²) in [5.41, 5.74) is 7.14. The first-order chi connectivity index (χ1) is 9.49. The number of oxazole rings is 1. The fraction of sp³-hybridized carbons (Fsp3) is 0.333. The number of rotatable bonds is 5. The van der Waals surface area contributed by atoms with Crippen LogP contribution in [-0.4, -0.2) is 21.8 Å². The molecule has 0 fully saturated rings. The average Bonchev–Trinajstić information content (AvgIpc) is 3.04. The van der Waals surface area contributed by atoms with E-state index in [-0.39, 0.29) is 30.0 Å². The lowest BCUT2D eigenvalue weighted by Gasteiger charge is -2.05. The SMILES string of the molecule is CC(C)c1scnc1C(=O)NCc1nc(C(N)=O)co1. The third-order valence-corrected chi connectivity index (χ3v) is 3.67. The molecule has 0 bridgehead atoms. The van der Waals surface area contributed by atoms with Crippen molar-refractivity contribution in [2.75, 3.05) is 0 Å². The molecule has 0 unspecified atom stereocenters. The smallest absolute Gasteiger partial charge is 0.271 e. The highest BCUT2D eigenvalue weighted by Crippen LogP contribution is 2.23. The predicted octanol–water partition coefficient (Wildman–Crippen LogP) is 1.28. The van der Waals surface area contributed by atoms with Crippen LogP contribution in [0.15, 0.2) is 16.2 Å². The molecule has 0 saturated heterocycles. The van der Waals surface area contributed by atoms with Gasteiger partial charge < -0.3 is 15.5 Å². The molecule has 0 saturated carbocycles. The van der Waals surface area contributed by atoms with Gasteiger partial charge in [-0.25, -0.2) is 9.97 Å². The standard InChI is InChI=1S/C12H14N4O3S/c1-6(2)10-9(15-5-20-10)12(18)14-3-8-16-7(4-19-8)11(13)17/h4-6H,3H2,1-2H3,(H2,13,17)(H,14,18). The van der Waals surface area contributed by atoms with Gasteiger partial charge in [-0.3, -0.25) is 9.59 Å². The van der Waals surface area contributed by atoms with Gasteiger partial charge in [-0.15, -0.1) is 11.3 Å². The van der Waals surface area contributed by atoms with E-state index >= 15 is 0 Å². The summed E-state index contributed by atoms with van der Waals surface area (Å²) in [6.07, 6.45) is 1.16. The Morgan fingerprint density at radius 3 is 2.85 bits per heavy atom. The maximum Gasteiger partial charge on any atom is 0.271 e. The van der Waals surface area contributed by atoms with Crippen LogP contribution in [0.25, 0.3) is 0 Å². The van der Waals surface area contributed by atoms with E-state index in [0.29, 0.717) is 5.69 Å². The molecule has 0 aliphatic heterocycles. The van der Waals surface area contributed by atoms with E-state index in [4.69, 9.17) is 10.2 Å². The molecule has 2 heterocycles. The van der Waals surface area contributed by atoms with Gasteiger partial charge in [0.25, 0.3) is 11.8 Å². The van der Waals surface area contributed by atoms with Crippen molar-refractivity contribution in [2.45, 2.75) is 26.3 Å². The normalized spacial score (nSPS) is 10.8. The zero-order valence-electron chi connectivity index (χ0n) is 11.0. The maximum absolute atomic E-state index is 12.0. The summed E-state index contributed by atoms with van der Waals surface area (Å²) in [6, 6.07) is 0. The number of nitrogens with two attached hydrogens (primary N) is 1. The van der Waals surface area contributed by atoms with Crippen molar-refractivity contribution in [1.82, 2.24) is 15.3 Å². The first kappa shape index (κ1) is 14.2. The Morgan fingerprint density at radius 1 is 1.50 bits per heavy atom. The minimum Gasteiger partial charge on any atom is -0.446 e. The van der Waals surface area contributed by atoms with Crippen molar-refractivity contribution < 1.29 is 14.0 Å². The van der Waals surface area contributed by atoms with Crippen LogP contribution in [0.2, 0.25) is 0 Å². The summed E-state index contributed by atoms with van der Waals surface area (Å²) in [7, 11) is 0. The molecule has 2 aromatic rings. The highest BCUT2D eigenvalue weighted by Gasteiger charge is 2.17. The van der Waals surface area contributed by atoms with Crippen molar-refractivity contribution in [3.05, 3.63) is 33.9 Å². The molecule has 0 atom stereocenters. The minimum absolute atomic E-state index is 0.0331. The summed E-state index contributed by atoms with van der Waals surface area (Å²) in [6.45, 7) is 4.07. The van der Waals surface area contributed by atoms with E-state index in [9.17, 15) is 9.59 Å². The summed E-state index contributed by atoms with van der Waals surface area (Å²) in [5, 5.41) is 2.65. The Morgan fingerprint density at radius 2 is 2.25 bits per heavy atom. The van der Waals surface area contributed by atoms with Crippen molar-refractivity contribution >= 4 is 23.2 Å². The highest BCUT2D eigenvalue weighted by molar-refractivity contribution is 7.10. The Balaban J connectivity index is 2.01. The third kappa shape index (κ3) is 3.02. The molecule has 0 aromatic carbocycles. The number of nitrogens with one attached hydrogen (secondary N) is 1. The number of hydrogen-bond acceptors (Lipinski definition) is 6. The van der Waals surface area contributed by atoms with Crippen LogP contribution in [-0.2, 0) is 6.54 Å². The second-order valence-corrected chi connectivity index (χ2v) is 5.28. The van der Waals surface area contributed by atoms with Gasteiger partial charge in [-0.05, 0) is 5.92 Å². The molecular weight excluding hydrogens is 280 g/mol. The number of amides is 2. The number of carbonyl (C=O) groups is 2. The zero-order valence-corrected chi connectivity index (χ0v) is 11.9. The summed E-state index contributed by atoms with van der Waals surface area (Å²) in [4.78, 5) is 31.7. The molecule has 0 spiro atoms. The summed E-state index contributed by atoms with van der Waals surface area (Å²) < 4.78 is 5.03. The first-order valence-electron chi connectivity index (χ1n) is 5.94. The number of hydrogen-bond donors (Lipinski definition) is 2. The Kier molecular flexibility index (Phi) is 4.14. The number of aromatic nitrogens is 2. The lowest BCUT2D eigenvalue weighted by molar-refractivity contribution is 0.0941. The van der Waals surface area contributed by atoms with Gasteiger partial charge >= 0.3 is 0 Å². The fourth-order valence-electron chi connectivity index (χ4n) is 1.58. The van der Waals surface area contributed by atoms with Crippen molar-refractivity contribution in [3.8, 4) is 0 Å². The van der Waals surface area contributed by atoms with Crippen LogP contribution in [0.5, 0.6) is 0 Å². The number of primary amides is 1. The molecule has 7 nitrogen and oxygen atoms in total. The molecule has 2 aromatic heterocycles. The second-order valence-electron chi connectivity index (χ2n) is 4.39. The molecule has 0 radical (unpaired) electrons. The molecule has 2 amide bonds. The second kappa shape index (κ2) is 5.83. The van der Waals surface area contributed by atoms with E-state index in [1.807, 2.05) is 13.8 Å². The maximum atomic E-state index is 12.0. The molecule has 3 N–H and O–H groups in total. The van der Waals surface area contributed by atoms with E-state index in [0.717, 1.165) is 11.1 Å². The van der Waals surface area contributed by atoms with Crippen molar-refractivity contribution in [2.24, 2.45) is 5.73 Å². The van der Waals surface area contributed by atoms with Crippen molar-refractivity contribution in [1.29, 1.82) is 0 Å². The van der Waals surface area contributed by atoms with Crippen LogP contribution in [0.3, 0.4) is 0 Å². The van der Waals surface area contributed by atoms with E-state index in [1.165, 1.54) is 11.3 Å². The summed E-state index contributed by atoms with van der Waals surface area (Å²) >= 11 is 1.44. The van der Waals surface area contributed by atoms with Gasteiger partial charge in [-0.1, -0.05) is 13.8 Å². The van der Waals surface area contributed by atoms with Crippen LogP contribution >= 0.6 is 11.3 Å². The number of thiazole rings is 1. The van der Waals surface area contributed by atoms with Gasteiger partial charge in [0.05, 0.1) is 12.1 Å². The average molecular weight is 294 g/mol. The van der Waals surface area contributed by atoms with Gasteiger partial charge in [0.1, 0.15) is 12.0 Å². The molecule has 0 aliphatic rings. The number of nitrogens with zero attached hydrogens (tertiary/aromatic N) is 2. The van der Waals surface area contributed by atoms with E-state index < -0.39 is 5.91 Å². The molecule has 8 heteroatoms. The largest absolute Gasteiger partial charge is 0.446 e. The third-order valence-electron chi connectivity index (χ3n) is 2.54. The first-order valence-corrected chi connectivity index (χ1v) is 6.82. The molecule has 20 heavy (non-hydrogen) atoms. The lowest BCUT2D eigenvalue weighted by Crippen LogP contribution is -2.24. The zero-order chi connectivity index (χ0) is 14.7. The molecule has 2 rings (SSSR count).